The van der Waals surface area contributed by atoms with E-state index in [2.05, 4.69) is 0 Å². The van der Waals surface area contributed by atoms with Gasteiger partial charge in [0.15, 0.2) is 0 Å². The first kappa shape index (κ1) is 16.1. The zero-order valence-electron chi connectivity index (χ0n) is 11.5. The van der Waals surface area contributed by atoms with Crippen molar-refractivity contribution in [3.63, 3.8) is 0 Å². The summed E-state index contributed by atoms with van der Waals surface area (Å²) in [5, 5.41) is 0.499. The van der Waals surface area contributed by atoms with E-state index in [1.165, 1.54) is 10.7 Å². The van der Waals surface area contributed by atoms with Crippen LogP contribution in [0.1, 0.15) is 37.7 Å². The highest BCUT2D eigenvalue weighted by Crippen LogP contribution is 2.28. The number of rotatable bonds is 4. The summed E-state index contributed by atoms with van der Waals surface area (Å²) in [7, 11) is -1.80. The number of halogens is 2. The molecular formula is C14H19Cl2NO2S. The van der Waals surface area contributed by atoms with E-state index in [1.807, 2.05) is 0 Å². The number of hydrogen-bond acceptors (Lipinski definition) is 2. The van der Waals surface area contributed by atoms with Crippen molar-refractivity contribution in [3.8, 4) is 0 Å². The Balaban J connectivity index is 2.29. The maximum atomic E-state index is 12.7. The van der Waals surface area contributed by atoms with Crippen LogP contribution in [0.3, 0.4) is 0 Å². The third-order valence-corrected chi connectivity index (χ3v) is 6.49. The number of alkyl halides is 1. The topological polar surface area (TPSA) is 37.4 Å². The number of benzene rings is 1. The van der Waals surface area contributed by atoms with Gasteiger partial charge in [-0.1, -0.05) is 30.9 Å². The molecule has 0 amide bonds. The average molecular weight is 336 g/mol. The minimum atomic E-state index is -3.47. The predicted octanol–water partition coefficient (Wildman–Crippen LogP) is 4.03. The molecule has 0 spiro atoms. The Kier molecular flexibility index (Phi) is 5.35. The first-order valence-electron chi connectivity index (χ1n) is 6.79. The van der Waals surface area contributed by atoms with Crippen molar-refractivity contribution in [2.75, 3.05) is 7.05 Å². The molecule has 3 nitrogen and oxygen atoms in total. The van der Waals surface area contributed by atoms with Gasteiger partial charge in [0.05, 0.1) is 4.90 Å². The van der Waals surface area contributed by atoms with Crippen molar-refractivity contribution >= 4 is 33.2 Å². The SMILES string of the molecule is CN(C1CCCCC1)S(=O)(=O)c1ccc(Cl)c(CCl)c1. The minimum Gasteiger partial charge on any atom is -0.207 e. The van der Waals surface area contributed by atoms with Crippen molar-refractivity contribution < 1.29 is 8.42 Å². The van der Waals surface area contributed by atoms with Crippen LogP contribution < -0.4 is 0 Å². The molecule has 0 unspecified atom stereocenters. The highest BCUT2D eigenvalue weighted by atomic mass is 35.5. The normalized spacial score (nSPS) is 17.6. The van der Waals surface area contributed by atoms with Crippen molar-refractivity contribution in [1.82, 2.24) is 4.31 Å². The van der Waals surface area contributed by atoms with Crippen molar-refractivity contribution in [1.29, 1.82) is 0 Å². The summed E-state index contributed by atoms with van der Waals surface area (Å²) in [6, 6.07) is 4.82. The second kappa shape index (κ2) is 6.65. The summed E-state index contributed by atoms with van der Waals surface area (Å²) >= 11 is 11.8. The van der Waals surface area contributed by atoms with E-state index in [0.717, 1.165) is 25.7 Å². The quantitative estimate of drug-likeness (QED) is 0.779. The summed E-state index contributed by atoms with van der Waals surface area (Å²) in [4.78, 5) is 0.269. The fourth-order valence-corrected chi connectivity index (χ4v) is 4.56. The molecule has 6 heteroatoms. The van der Waals surface area contributed by atoms with Crippen LogP contribution in [0.5, 0.6) is 0 Å². The van der Waals surface area contributed by atoms with Gasteiger partial charge in [-0.05, 0) is 36.6 Å². The smallest absolute Gasteiger partial charge is 0.207 e. The van der Waals surface area contributed by atoms with Gasteiger partial charge in [0.2, 0.25) is 10.0 Å². The molecule has 0 atom stereocenters. The standard InChI is InChI=1S/C14H19Cl2NO2S/c1-17(12-5-3-2-4-6-12)20(18,19)13-7-8-14(16)11(9-13)10-15/h7-9,12H,2-6,10H2,1H3. The van der Waals surface area contributed by atoms with Crippen molar-refractivity contribution in [3.05, 3.63) is 28.8 Å². The molecule has 1 aliphatic rings. The molecule has 0 aliphatic heterocycles. The maximum Gasteiger partial charge on any atom is 0.243 e. The van der Waals surface area contributed by atoms with Crippen LogP contribution in [0.4, 0.5) is 0 Å². The van der Waals surface area contributed by atoms with Crippen LogP contribution in [-0.2, 0) is 15.9 Å². The molecule has 0 saturated heterocycles. The van der Waals surface area contributed by atoms with E-state index < -0.39 is 10.0 Å². The monoisotopic (exact) mass is 335 g/mol. The number of sulfonamides is 1. The van der Waals surface area contributed by atoms with Crippen LogP contribution in [0.25, 0.3) is 0 Å². The van der Waals surface area contributed by atoms with Gasteiger partial charge in [0, 0.05) is 24.0 Å². The molecule has 0 N–H and O–H groups in total. The van der Waals surface area contributed by atoms with Gasteiger partial charge in [-0.15, -0.1) is 11.6 Å². The molecule has 112 valence electrons. The first-order valence-corrected chi connectivity index (χ1v) is 9.14. The zero-order chi connectivity index (χ0) is 14.8. The molecule has 1 saturated carbocycles. The second-order valence-electron chi connectivity index (χ2n) is 5.20. The van der Waals surface area contributed by atoms with E-state index in [4.69, 9.17) is 23.2 Å². The Morgan fingerprint density at radius 2 is 1.90 bits per heavy atom. The lowest BCUT2D eigenvalue weighted by atomic mass is 9.96. The fourth-order valence-electron chi connectivity index (χ4n) is 2.62. The molecule has 0 heterocycles. The fraction of sp³-hybridized carbons (Fsp3) is 0.571. The van der Waals surface area contributed by atoms with Gasteiger partial charge in [-0.25, -0.2) is 8.42 Å². The number of hydrogen-bond donors (Lipinski definition) is 0. The van der Waals surface area contributed by atoms with Crippen molar-refractivity contribution in [2.24, 2.45) is 0 Å². The zero-order valence-corrected chi connectivity index (χ0v) is 13.8. The second-order valence-corrected chi connectivity index (χ2v) is 7.87. The third kappa shape index (κ3) is 3.30. The molecule has 0 bridgehead atoms. The van der Waals surface area contributed by atoms with E-state index in [1.54, 1.807) is 25.2 Å². The van der Waals surface area contributed by atoms with Crippen LogP contribution >= 0.6 is 23.2 Å². The Morgan fingerprint density at radius 3 is 2.50 bits per heavy atom. The summed E-state index contributed by atoms with van der Waals surface area (Å²) in [5.74, 6) is 0.204. The Hall–Kier alpha value is -0.290. The highest BCUT2D eigenvalue weighted by Gasteiger charge is 2.29. The average Bonchev–Trinajstić information content (AvgIpc) is 2.47. The molecule has 0 aromatic heterocycles. The highest BCUT2D eigenvalue weighted by molar-refractivity contribution is 7.89. The summed E-state index contributed by atoms with van der Waals surface area (Å²) < 4.78 is 26.8. The molecular weight excluding hydrogens is 317 g/mol. The van der Waals surface area contributed by atoms with Gasteiger partial charge < -0.3 is 0 Å². The lowest BCUT2D eigenvalue weighted by Crippen LogP contribution is -2.38. The van der Waals surface area contributed by atoms with Gasteiger partial charge >= 0.3 is 0 Å². The lowest BCUT2D eigenvalue weighted by Gasteiger charge is -2.30. The van der Waals surface area contributed by atoms with Crippen LogP contribution in [0.2, 0.25) is 5.02 Å². The first-order chi connectivity index (χ1) is 9.46. The lowest BCUT2D eigenvalue weighted by molar-refractivity contribution is 0.286. The van der Waals surface area contributed by atoms with Gasteiger partial charge in [0.1, 0.15) is 0 Å². The molecule has 1 fully saturated rings. The summed E-state index contributed by atoms with van der Waals surface area (Å²) in [6.07, 6.45) is 5.26. The van der Waals surface area contributed by atoms with E-state index in [-0.39, 0.29) is 16.8 Å². The van der Waals surface area contributed by atoms with Gasteiger partial charge in [-0.3, -0.25) is 0 Å². The number of nitrogens with zero attached hydrogens (tertiary/aromatic N) is 1. The van der Waals surface area contributed by atoms with E-state index >= 15 is 0 Å². The minimum absolute atomic E-state index is 0.101. The predicted molar refractivity (Wildman–Crippen MR) is 82.8 cm³/mol. The largest absolute Gasteiger partial charge is 0.243 e. The summed E-state index contributed by atoms with van der Waals surface area (Å²) in [5.41, 5.74) is 0.645. The van der Waals surface area contributed by atoms with Crippen LogP contribution in [-0.4, -0.2) is 25.8 Å². The van der Waals surface area contributed by atoms with Crippen LogP contribution in [0, 0.1) is 0 Å². The maximum absolute atomic E-state index is 12.7. The van der Waals surface area contributed by atoms with Crippen molar-refractivity contribution in [2.45, 2.75) is 48.9 Å². The van der Waals surface area contributed by atoms with E-state index in [0.29, 0.717) is 10.6 Å². The van der Waals surface area contributed by atoms with Crippen LogP contribution in [0.15, 0.2) is 23.1 Å². The van der Waals surface area contributed by atoms with Gasteiger partial charge in [0.25, 0.3) is 0 Å². The third-order valence-electron chi connectivity index (χ3n) is 3.93. The Bertz CT molecular complexity index is 569. The van der Waals surface area contributed by atoms with E-state index in [9.17, 15) is 8.42 Å². The molecule has 20 heavy (non-hydrogen) atoms. The Morgan fingerprint density at radius 1 is 1.25 bits per heavy atom. The molecule has 1 aliphatic carbocycles. The molecule has 2 rings (SSSR count). The molecule has 0 radical (unpaired) electrons. The Labute approximate surface area is 130 Å². The molecule has 1 aromatic rings. The molecule has 1 aromatic carbocycles. The van der Waals surface area contributed by atoms with Gasteiger partial charge in [-0.2, -0.15) is 4.31 Å². The summed E-state index contributed by atoms with van der Waals surface area (Å²) in [6.45, 7) is 0.